The fourth-order valence-corrected chi connectivity index (χ4v) is 7.21. The molecule has 0 unspecified atom stereocenters. The fourth-order valence-electron chi connectivity index (χ4n) is 7.21. The van der Waals surface area contributed by atoms with Crippen LogP contribution in [0.25, 0.3) is 11.1 Å². The Morgan fingerprint density at radius 1 is 0.736 bits per heavy atom. The largest absolute Gasteiger partial charge is 0.462 e. The first-order valence-corrected chi connectivity index (χ1v) is 18.8. The Morgan fingerprint density at radius 2 is 1.28 bits per heavy atom. The van der Waals surface area contributed by atoms with Gasteiger partial charge in [0.25, 0.3) is 0 Å². The van der Waals surface area contributed by atoms with Crippen molar-refractivity contribution in [2.75, 3.05) is 26.4 Å². The van der Waals surface area contributed by atoms with E-state index < -0.39 is 42.6 Å². The second-order valence-corrected chi connectivity index (χ2v) is 14.1. The molecule has 4 rings (SSSR count). The van der Waals surface area contributed by atoms with Crippen LogP contribution in [0.3, 0.4) is 0 Å². The maximum Gasteiger partial charge on any atom is 0.335 e. The van der Waals surface area contributed by atoms with Gasteiger partial charge >= 0.3 is 11.9 Å². The van der Waals surface area contributed by atoms with Crippen molar-refractivity contribution in [3.63, 3.8) is 0 Å². The monoisotopic (exact) mass is 734 g/mol. The normalized spacial score (nSPS) is 15.7. The minimum absolute atomic E-state index is 0.00305. The first-order valence-electron chi connectivity index (χ1n) is 18.8. The number of hydrogen-bond acceptors (Lipinski definition) is 6. The molecule has 0 aromatic heterocycles. The molecule has 0 saturated heterocycles. The molecule has 1 saturated carbocycles. The van der Waals surface area contributed by atoms with Crippen molar-refractivity contribution < 1.29 is 42.4 Å². The summed E-state index contributed by atoms with van der Waals surface area (Å²) >= 11 is 0. The fraction of sp³-hybridized carbons (Fsp3) is 0.455. The standard InChI is InChI=1S/C44H53F3O6/c1-4-5-6-9-31-12-21-38(39(45)24-31)37-25-40(46)42(41(47)26-37)36-19-17-35(18-20-36)34-15-13-33(14-16-34)32(10-7-22-52-43(50)29(2)27-48)11-8-23-53-44(51)30(3)28-49/h12-16,21,24-26,32,35-36,48-49H,2-11,17-20,22-23,27-28H2,1H3. The third kappa shape index (κ3) is 11.9. The Hall–Kier alpha value is -4.21. The molecule has 3 aromatic carbocycles. The summed E-state index contributed by atoms with van der Waals surface area (Å²) in [4.78, 5) is 23.8. The Morgan fingerprint density at radius 3 is 1.79 bits per heavy atom. The molecule has 1 fully saturated rings. The van der Waals surface area contributed by atoms with Crippen LogP contribution in [0.15, 0.2) is 78.9 Å². The Bertz CT molecular complexity index is 1630. The number of unbranched alkanes of at least 4 members (excludes halogenated alkanes) is 2. The molecule has 0 amide bonds. The summed E-state index contributed by atoms with van der Waals surface area (Å²) in [5.74, 6) is -2.93. The number of aliphatic hydroxyl groups excluding tert-OH is 2. The highest BCUT2D eigenvalue weighted by atomic mass is 19.1. The van der Waals surface area contributed by atoms with Gasteiger partial charge in [-0.05, 0) is 122 Å². The molecule has 1 aliphatic rings. The molecule has 6 nitrogen and oxygen atoms in total. The highest BCUT2D eigenvalue weighted by Crippen LogP contribution is 2.43. The molecule has 0 bridgehead atoms. The van der Waals surface area contributed by atoms with E-state index in [1.54, 1.807) is 6.07 Å². The molecule has 0 heterocycles. The molecular weight excluding hydrogens is 681 g/mol. The summed E-state index contributed by atoms with van der Waals surface area (Å²) in [5.41, 5.74) is 3.61. The summed E-state index contributed by atoms with van der Waals surface area (Å²) < 4.78 is 56.4. The third-order valence-electron chi connectivity index (χ3n) is 10.3. The molecule has 2 N–H and O–H groups in total. The van der Waals surface area contributed by atoms with Gasteiger partial charge in [-0.25, -0.2) is 22.8 Å². The number of carbonyl (C=O) groups is 2. The molecular formula is C44H53F3O6. The smallest absolute Gasteiger partial charge is 0.335 e. The number of halogens is 3. The first kappa shape index (κ1) is 41.5. The molecule has 0 spiro atoms. The van der Waals surface area contributed by atoms with Crippen LogP contribution in [0.1, 0.15) is 118 Å². The minimum atomic E-state index is -0.633. The molecule has 0 radical (unpaired) electrons. The quantitative estimate of drug-likeness (QED) is 0.0683. The van der Waals surface area contributed by atoms with E-state index in [0.717, 1.165) is 55.2 Å². The van der Waals surface area contributed by atoms with E-state index in [4.69, 9.17) is 19.7 Å². The average molecular weight is 735 g/mol. The summed E-state index contributed by atoms with van der Waals surface area (Å²) in [7, 11) is 0. The topological polar surface area (TPSA) is 93.1 Å². The minimum Gasteiger partial charge on any atom is -0.462 e. The predicted molar refractivity (Wildman–Crippen MR) is 201 cm³/mol. The van der Waals surface area contributed by atoms with Crippen molar-refractivity contribution in [2.24, 2.45) is 0 Å². The van der Waals surface area contributed by atoms with Crippen LogP contribution in [0, 0.1) is 17.5 Å². The molecule has 53 heavy (non-hydrogen) atoms. The number of benzene rings is 3. The lowest BCUT2D eigenvalue weighted by Crippen LogP contribution is -2.15. The van der Waals surface area contributed by atoms with Crippen molar-refractivity contribution in [3.05, 3.63) is 119 Å². The summed E-state index contributed by atoms with van der Waals surface area (Å²) in [6.07, 6.45) is 9.26. The van der Waals surface area contributed by atoms with E-state index in [0.29, 0.717) is 38.5 Å². The van der Waals surface area contributed by atoms with Crippen LogP contribution in [-0.2, 0) is 25.5 Å². The van der Waals surface area contributed by atoms with Crippen LogP contribution in [-0.4, -0.2) is 48.6 Å². The lowest BCUT2D eigenvalue weighted by molar-refractivity contribution is -0.140. The van der Waals surface area contributed by atoms with Gasteiger partial charge in [0.1, 0.15) is 17.5 Å². The van der Waals surface area contributed by atoms with Crippen molar-refractivity contribution in [3.8, 4) is 11.1 Å². The highest BCUT2D eigenvalue weighted by molar-refractivity contribution is 5.88. The summed E-state index contributed by atoms with van der Waals surface area (Å²) in [6, 6.07) is 15.8. The number of hydrogen-bond donors (Lipinski definition) is 2. The van der Waals surface area contributed by atoms with Crippen LogP contribution in [0.5, 0.6) is 0 Å². The van der Waals surface area contributed by atoms with E-state index in [2.05, 4.69) is 44.3 Å². The number of esters is 2. The molecule has 9 heteroatoms. The predicted octanol–water partition coefficient (Wildman–Crippen LogP) is 9.77. The van der Waals surface area contributed by atoms with Crippen LogP contribution >= 0.6 is 0 Å². The number of rotatable bonds is 20. The second kappa shape index (κ2) is 20.9. The second-order valence-electron chi connectivity index (χ2n) is 14.1. The third-order valence-corrected chi connectivity index (χ3v) is 10.3. The lowest BCUT2D eigenvalue weighted by Gasteiger charge is -2.30. The Labute approximate surface area is 311 Å². The van der Waals surface area contributed by atoms with Gasteiger partial charge in [0.2, 0.25) is 0 Å². The maximum absolute atomic E-state index is 15.5. The zero-order chi connectivity index (χ0) is 38.3. The summed E-state index contributed by atoms with van der Waals surface area (Å²) in [6.45, 7) is 8.50. The van der Waals surface area contributed by atoms with Gasteiger partial charge in [-0.1, -0.05) is 69.3 Å². The van der Waals surface area contributed by atoms with E-state index >= 15 is 13.2 Å². The summed E-state index contributed by atoms with van der Waals surface area (Å²) in [5, 5.41) is 18.2. The lowest BCUT2D eigenvalue weighted by atomic mass is 9.75. The van der Waals surface area contributed by atoms with Gasteiger partial charge in [0.15, 0.2) is 0 Å². The zero-order valence-corrected chi connectivity index (χ0v) is 30.8. The van der Waals surface area contributed by atoms with Crippen molar-refractivity contribution in [1.82, 2.24) is 0 Å². The van der Waals surface area contributed by atoms with E-state index in [1.807, 2.05) is 6.07 Å². The molecule has 1 aliphatic carbocycles. The first-order chi connectivity index (χ1) is 25.6. The van der Waals surface area contributed by atoms with Crippen molar-refractivity contribution >= 4 is 11.9 Å². The SMILES string of the molecule is C=C(CO)C(=O)OCCCC(CCCOC(=O)C(=C)CO)c1ccc(C2CCC(c3c(F)cc(-c4ccc(CCCCC)cc4F)cc3F)CC2)cc1. The van der Waals surface area contributed by atoms with Crippen LogP contribution in [0.4, 0.5) is 13.2 Å². The molecule has 286 valence electrons. The average Bonchev–Trinajstić information content (AvgIpc) is 3.16. The van der Waals surface area contributed by atoms with Gasteiger partial charge in [0, 0.05) is 11.1 Å². The van der Waals surface area contributed by atoms with Gasteiger partial charge < -0.3 is 19.7 Å². The maximum atomic E-state index is 15.5. The van der Waals surface area contributed by atoms with E-state index in [-0.39, 0.29) is 58.8 Å². The molecule has 0 atom stereocenters. The van der Waals surface area contributed by atoms with Gasteiger partial charge in [0.05, 0.1) is 37.6 Å². The Kier molecular flexibility index (Phi) is 16.4. The number of aryl methyl sites for hydroxylation is 1. The van der Waals surface area contributed by atoms with Gasteiger partial charge in [-0.2, -0.15) is 0 Å². The zero-order valence-electron chi connectivity index (χ0n) is 30.8. The van der Waals surface area contributed by atoms with Crippen molar-refractivity contribution in [2.45, 2.75) is 102 Å². The van der Waals surface area contributed by atoms with E-state index in [1.165, 1.54) is 18.2 Å². The van der Waals surface area contributed by atoms with Crippen LogP contribution < -0.4 is 0 Å². The van der Waals surface area contributed by atoms with Gasteiger partial charge in [-0.3, -0.25) is 0 Å². The Balaban J connectivity index is 1.36. The number of carbonyl (C=O) groups excluding carboxylic acids is 2. The van der Waals surface area contributed by atoms with E-state index in [9.17, 15) is 9.59 Å². The van der Waals surface area contributed by atoms with Crippen LogP contribution in [0.2, 0.25) is 0 Å². The number of ether oxygens (including phenoxy) is 2. The molecule has 3 aromatic rings. The molecule has 0 aliphatic heterocycles. The van der Waals surface area contributed by atoms with Crippen molar-refractivity contribution in [1.29, 1.82) is 0 Å². The number of aliphatic hydroxyl groups is 2. The van der Waals surface area contributed by atoms with Gasteiger partial charge in [-0.15, -0.1) is 0 Å². The highest BCUT2D eigenvalue weighted by Gasteiger charge is 2.28.